The molecule has 1 saturated carbocycles. The van der Waals surface area contributed by atoms with Crippen molar-refractivity contribution >= 4 is 0 Å². The van der Waals surface area contributed by atoms with E-state index >= 15 is 0 Å². The lowest BCUT2D eigenvalue weighted by Gasteiger charge is -2.35. The van der Waals surface area contributed by atoms with Crippen LogP contribution >= 0.6 is 0 Å². The number of hydrogen-bond donors (Lipinski definition) is 2. The number of hydrogen-bond acceptors (Lipinski definition) is 3. The maximum Gasteiger partial charge on any atom is 0.0419 e. The minimum atomic E-state index is 0.359. The average Bonchev–Trinajstić information content (AvgIpc) is 2.53. The van der Waals surface area contributed by atoms with Gasteiger partial charge in [0, 0.05) is 24.4 Å². The van der Waals surface area contributed by atoms with Gasteiger partial charge in [-0.15, -0.1) is 0 Å². The third-order valence-corrected chi connectivity index (χ3v) is 5.27. The summed E-state index contributed by atoms with van der Waals surface area (Å²) in [4.78, 5) is 4.58. The fourth-order valence-electron chi connectivity index (χ4n) is 3.59. The average molecular weight is 289 g/mol. The minimum absolute atomic E-state index is 0.359. The summed E-state index contributed by atoms with van der Waals surface area (Å²) in [6, 6.07) is 4.70. The Morgan fingerprint density at radius 2 is 1.86 bits per heavy atom. The molecule has 0 bridgehead atoms. The molecule has 1 aliphatic rings. The second-order valence-electron chi connectivity index (χ2n) is 6.91. The van der Waals surface area contributed by atoms with Crippen molar-refractivity contribution in [1.29, 1.82) is 0 Å². The number of aryl methyl sites for hydroxylation is 1. The molecule has 0 aromatic carbocycles. The van der Waals surface area contributed by atoms with Crippen LogP contribution in [0.2, 0.25) is 0 Å². The van der Waals surface area contributed by atoms with E-state index in [1.54, 1.807) is 0 Å². The van der Waals surface area contributed by atoms with Gasteiger partial charge < -0.3 is 0 Å². The van der Waals surface area contributed by atoms with E-state index in [2.05, 4.69) is 43.3 Å². The third kappa shape index (κ3) is 4.52. The maximum atomic E-state index is 5.82. The number of nitrogens with one attached hydrogen (secondary N) is 1. The Morgan fingerprint density at radius 3 is 2.33 bits per heavy atom. The fraction of sp³-hybridized carbons (Fsp3) is 0.722. The summed E-state index contributed by atoms with van der Waals surface area (Å²) in [5, 5.41) is 0. The van der Waals surface area contributed by atoms with Crippen molar-refractivity contribution in [2.75, 3.05) is 0 Å². The Kier molecular flexibility index (Phi) is 6.19. The second kappa shape index (κ2) is 7.90. The molecule has 1 atom stereocenters. The molecular weight excluding hydrogens is 258 g/mol. The first-order valence-electron chi connectivity index (χ1n) is 8.54. The van der Waals surface area contributed by atoms with Crippen LogP contribution in [0.4, 0.5) is 0 Å². The third-order valence-electron chi connectivity index (χ3n) is 5.27. The van der Waals surface area contributed by atoms with Crippen LogP contribution in [-0.4, -0.2) is 11.0 Å². The Balaban J connectivity index is 1.90. The van der Waals surface area contributed by atoms with E-state index < -0.39 is 0 Å². The van der Waals surface area contributed by atoms with E-state index in [4.69, 9.17) is 5.84 Å². The van der Waals surface area contributed by atoms with Crippen LogP contribution < -0.4 is 11.3 Å². The topological polar surface area (TPSA) is 50.9 Å². The van der Waals surface area contributed by atoms with Crippen molar-refractivity contribution in [3.63, 3.8) is 0 Å². The molecule has 118 valence electrons. The van der Waals surface area contributed by atoms with E-state index in [0.717, 1.165) is 30.4 Å². The molecule has 1 aromatic rings. The SMILES string of the molecule is CCc1ccc(CC(NN)C2CCC(C(C)C)CC2)nc1. The van der Waals surface area contributed by atoms with Gasteiger partial charge in [0.05, 0.1) is 0 Å². The molecule has 1 aromatic heterocycles. The molecule has 21 heavy (non-hydrogen) atoms. The maximum absolute atomic E-state index is 5.82. The standard InChI is InChI=1S/C18H31N3/c1-4-14-5-10-17(20-12-14)11-18(21-19)16-8-6-15(7-9-16)13(2)3/h5,10,12-13,15-16,18,21H,4,6-9,11,19H2,1-3H3. The lowest BCUT2D eigenvalue weighted by atomic mass is 9.74. The molecule has 0 radical (unpaired) electrons. The number of nitrogens with two attached hydrogens (primary N) is 1. The number of pyridine rings is 1. The monoisotopic (exact) mass is 289 g/mol. The lowest BCUT2D eigenvalue weighted by molar-refractivity contribution is 0.187. The highest BCUT2D eigenvalue weighted by molar-refractivity contribution is 5.14. The molecule has 3 N–H and O–H groups in total. The predicted octanol–water partition coefficient (Wildman–Crippen LogP) is 3.48. The van der Waals surface area contributed by atoms with Crippen LogP contribution in [0, 0.1) is 17.8 Å². The predicted molar refractivity (Wildman–Crippen MR) is 88.7 cm³/mol. The number of aromatic nitrogens is 1. The van der Waals surface area contributed by atoms with Crippen molar-refractivity contribution in [2.24, 2.45) is 23.6 Å². The van der Waals surface area contributed by atoms with E-state index in [1.165, 1.54) is 31.2 Å². The summed E-state index contributed by atoms with van der Waals surface area (Å²) >= 11 is 0. The quantitative estimate of drug-likeness (QED) is 0.622. The molecule has 0 spiro atoms. The van der Waals surface area contributed by atoms with Crippen molar-refractivity contribution < 1.29 is 0 Å². The Morgan fingerprint density at radius 1 is 1.19 bits per heavy atom. The van der Waals surface area contributed by atoms with E-state index in [-0.39, 0.29) is 0 Å². The molecular formula is C18H31N3. The zero-order valence-corrected chi connectivity index (χ0v) is 13.8. The Bertz CT molecular complexity index is 405. The molecule has 2 rings (SSSR count). The molecule has 1 heterocycles. The minimum Gasteiger partial charge on any atom is -0.271 e. The van der Waals surface area contributed by atoms with Crippen molar-refractivity contribution in [1.82, 2.24) is 10.4 Å². The molecule has 0 saturated heterocycles. The molecule has 3 heteroatoms. The normalized spacial score (nSPS) is 24.2. The van der Waals surface area contributed by atoms with E-state index in [9.17, 15) is 0 Å². The van der Waals surface area contributed by atoms with Gasteiger partial charge >= 0.3 is 0 Å². The van der Waals surface area contributed by atoms with Crippen LogP contribution in [0.1, 0.15) is 57.7 Å². The zero-order valence-electron chi connectivity index (χ0n) is 13.8. The van der Waals surface area contributed by atoms with E-state index in [0.29, 0.717) is 12.0 Å². The highest BCUT2D eigenvalue weighted by Crippen LogP contribution is 2.35. The summed E-state index contributed by atoms with van der Waals surface area (Å²) in [6.07, 6.45) is 9.28. The Hall–Kier alpha value is -0.930. The zero-order chi connectivity index (χ0) is 15.2. The van der Waals surface area contributed by atoms with Gasteiger partial charge in [0.25, 0.3) is 0 Å². The number of hydrazine groups is 1. The first-order chi connectivity index (χ1) is 10.1. The molecule has 3 nitrogen and oxygen atoms in total. The van der Waals surface area contributed by atoms with Crippen molar-refractivity contribution in [2.45, 2.75) is 65.3 Å². The summed E-state index contributed by atoms with van der Waals surface area (Å²) in [5.41, 5.74) is 5.51. The first-order valence-corrected chi connectivity index (χ1v) is 8.54. The second-order valence-corrected chi connectivity index (χ2v) is 6.91. The smallest absolute Gasteiger partial charge is 0.0419 e. The van der Waals surface area contributed by atoms with Crippen LogP contribution in [0.3, 0.4) is 0 Å². The fourth-order valence-corrected chi connectivity index (χ4v) is 3.59. The summed E-state index contributed by atoms with van der Waals surface area (Å²) in [6.45, 7) is 6.86. The van der Waals surface area contributed by atoms with Crippen LogP contribution in [-0.2, 0) is 12.8 Å². The molecule has 1 fully saturated rings. The molecule has 1 unspecified atom stereocenters. The Labute approximate surface area is 129 Å². The largest absolute Gasteiger partial charge is 0.271 e. The van der Waals surface area contributed by atoms with Gasteiger partial charge in [0.2, 0.25) is 0 Å². The van der Waals surface area contributed by atoms with Gasteiger partial charge in [0.15, 0.2) is 0 Å². The molecule has 0 amide bonds. The van der Waals surface area contributed by atoms with Crippen LogP contribution in [0.15, 0.2) is 18.3 Å². The lowest BCUT2D eigenvalue weighted by Crippen LogP contribution is -2.44. The first kappa shape index (κ1) is 16.4. The van der Waals surface area contributed by atoms with Crippen LogP contribution in [0.25, 0.3) is 0 Å². The van der Waals surface area contributed by atoms with Gasteiger partial charge in [-0.3, -0.25) is 16.3 Å². The highest BCUT2D eigenvalue weighted by atomic mass is 15.2. The van der Waals surface area contributed by atoms with E-state index in [1.807, 2.05) is 6.20 Å². The van der Waals surface area contributed by atoms with Gasteiger partial charge in [-0.1, -0.05) is 26.8 Å². The summed E-state index contributed by atoms with van der Waals surface area (Å²) < 4.78 is 0. The van der Waals surface area contributed by atoms with Crippen molar-refractivity contribution in [3.8, 4) is 0 Å². The summed E-state index contributed by atoms with van der Waals surface area (Å²) in [7, 11) is 0. The van der Waals surface area contributed by atoms with Gasteiger partial charge in [0.1, 0.15) is 0 Å². The highest BCUT2D eigenvalue weighted by Gasteiger charge is 2.28. The summed E-state index contributed by atoms with van der Waals surface area (Å²) in [5.74, 6) is 8.24. The van der Waals surface area contributed by atoms with Crippen LogP contribution in [0.5, 0.6) is 0 Å². The van der Waals surface area contributed by atoms with Gasteiger partial charge in [-0.2, -0.15) is 0 Å². The molecule has 0 aliphatic heterocycles. The van der Waals surface area contributed by atoms with Gasteiger partial charge in [-0.05, 0) is 61.5 Å². The molecule has 1 aliphatic carbocycles. The van der Waals surface area contributed by atoms with Crippen molar-refractivity contribution in [3.05, 3.63) is 29.6 Å². The number of nitrogens with zero attached hydrogens (tertiary/aromatic N) is 1. The van der Waals surface area contributed by atoms with Gasteiger partial charge in [-0.25, -0.2) is 0 Å². The number of rotatable bonds is 6.